The van der Waals surface area contributed by atoms with E-state index in [1.165, 1.54) is 0 Å². The number of rotatable bonds is 8. The minimum atomic E-state index is -0.783. The monoisotopic (exact) mass is 517 g/mol. The van der Waals surface area contributed by atoms with Crippen LogP contribution in [0.25, 0.3) is 0 Å². The molecule has 0 saturated carbocycles. The first-order valence-corrected chi connectivity index (χ1v) is 9.26. The zero-order valence-corrected chi connectivity index (χ0v) is 16.5. The Bertz CT molecular complexity index is 438. The van der Waals surface area contributed by atoms with Crippen molar-refractivity contribution in [1.29, 1.82) is 0 Å². The Morgan fingerprint density at radius 2 is 1.95 bits per heavy atom. The molecule has 1 aromatic rings. The molecule has 1 aromatic carbocycles. The summed E-state index contributed by atoms with van der Waals surface area (Å²) >= 11 is 4.42. The second-order valence-electron chi connectivity index (χ2n) is 5.18. The molecule has 1 rings (SSSR count). The first kappa shape index (κ1) is 19.1. The van der Waals surface area contributed by atoms with Crippen molar-refractivity contribution in [3.63, 3.8) is 0 Å². The third-order valence-electron chi connectivity index (χ3n) is 2.78. The van der Waals surface area contributed by atoms with Crippen LogP contribution in [0, 0.1) is 0 Å². The van der Waals surface area contributed by atoms with Crippen LogP contribution in [0.1, 0.15) is 38.4 Å². The summed E-state index contributed by atoms with van der Waals surface area (Å²) in [6.07, 6.45) is 0.690. The van der Waals surface area contributed by atoms with Crippen LogP contribution in [-0.2, 0) is 9.53 Å². The van der Waals surface area contributed by atoms with Crippen LogP contribution in [-0.4, -0.2) is 25.3 Å². The van der Waals surface area contributed by atoms with Crippen LogP contribution in [0.15, 0.2) is 30.3 Å². The number of aliphatic hydroxyl groups excluding tert-OH is 1. The summed E-state index contributed by atoms with van der Waals surface area (Å²) in [7, 11) is 0. The average molecular weight is 517 g/mol. The molecule has 118 valence electrons. The third-order valence-corrected chi connectivity index (χ3v) is 3.66. The number of carbonyl (C=O) groups excluding carboxylic acids is 1. The van der Waals surface area contributed by atoms with Gasteiger partial charge in [-0.3, -0.25) is 4.79 Å². The van der Waals surface area contributed by atoms with E-state index in [2.05, 4.69) is 50.5 Å². The van der Waals surface area contributed by atoms with E-state index < -0.39 is 5.72 Å². The number of amides is 1. The van der Waals surface area contributed by atoms with Crippen LogP contribution in [0.2, 0.25) is 0 Å². The topological polar surface area (TPSA) is 58.6 Å². The second-order valence-corrected chi connectivity index (χ2v) is 10.6. The van der Waals surface area contributed by atoms with Crippen molar-refractivity contribution in [2.45, 2.75) is 40.4 Å². The third kappa shape index (κ3) is 7.75. The Morgan fingerprint density at radius 1 is 1.33 bits per heavy atom. The molecule has 0 aliphatic rings. The maximum absolute atomic E-state index is 11.9. The molecule has 0 fully saturated rings. The van der Waals surface area contributed by atoms with E-state index in [1.54, 1.807) is 0 Å². The van der Waals surface area contributed by atoms with E-state index in [4.69, 9.17) is 4.74 Å². The molecular formula is C15H21I2NO3. The maximum Gasteiger partial charge on any atom is 0.224 e. The maximum atomic E-state index is 11.9. The van der Waals surface area contributed by atoms with Gasteiger partial charge < -0.3 is 15.2 Å². The molecule has 0 heterocycles. The first-order chi connectivity index (χ1) is 9.84. The van der Waals surface area contributed by atoms with Gasteiger partial charge in [0, 0.05) is 19.4 Å². The minimum absolute atomic E-state index is 0.0349. The Balaban J connectivity index is 2.71. The van der Waals surface area contributed by atoms with Gasteiger partial charge in [-0.05, 0) is 19.4 Å². The lowest BCUT2D eigenvalue weighted by atomic mass is 10.1. The summed E-state index contributed by atoms with van der Waals surface area (Å²) in [5, 5.41) is 12.1. The number of benzene rings is 1. The highest BCUT2D eigenvalue weighted by Gasteiger charge is 2.26. The number of carbonyl (C=O) groups is 1. The number of hydrogen-bond donors (Lipinski definition) is 2. The van der Waals surface area contributed by atoms with Crippen LogP contribution in [0.4, 0.5) is 0 Å². The van der Waals surface area contributed by atoms with E-state index in [-0.39, 0.29) is 20.5 Å². The largest absolute Gasteiger partial charge is 0.396 e. The number of alkyl halides is 2. The molecule has 0 saturated heterocycles. The highest BCUT2D eigenvalue weighted by Crippen LogP contribution is 2.26. The lowest BCUT2D eigenvalue weighted by molar-refractivity contribution is -0.138. The van der Waals surface area contributed by atoms with Gasteiger partial charge in [-0.25, -0.2) is 0 Å². The van der Waals surface area contributed by atoms with Gasteiger partial charge in [-0.2, -0.15) is 0 Å². The molecule has 0 aliphatic heterocycles. The first-order valence-electron chi connectivity index (χ1n) is 6.77. The van der Waals surface area contributed by atoms with Gasteiger partial charge in [0.25, 0.3) is 0 Å². The zero-order valence-electron chi connectivity index (χ0n) is 12.2. The van der Waals surface area contributed by atoms with Gasteiger partial charge in [0.1, 0.15) is 5.72 Å². The number of hydrogen-bond acceptors (Lipinski definition) is 3. The van der Waals surface area contributed by atoms with E-state index in [9.17, 15) is 9.90 Å². The Labute approximate surface area is 153 Å². The fraction of sp³-hybridized carbons (Fsp3) is 0.533. The number of halogens is 2. The molecule has 1 atom stereocenters. The molecule has 0 aromatic heterocycles. The fourth-order valence-electron chi connectivity index (χ4n) is 1.99. The van der Waals surface area contributed by atoms with Crippen molar-refractivity contribution >= 4 is 51.1 Å². The van der Waals surface area contributed by atoms with E-state index in [0.717, 1.165) is 5.56 Å². The van der Waals surface area contributed by atoms with Crippen LogP contribution >= 0.6 is 45.2 Å². The number of nitrogens with one attached hydrogen (secondary N) is 1. The molecule has 21 heavy (non-hydrogen) atoms. The molecule has 0 radical (unpaired) electrons. The zero-order chi connectivity index (χ0) is 15.9. The Kier molecular flexibility index (Phi) is 8.43. The standard InChI is InChI=1S/C15H21I2NO3/c1-15(2,18-14(20)10-13(16)17)21-12(8-9-19)11-6-4-3-5-7-11/h3-7,12-13,19H,8-10H2,1-2H3,(H,18,20)/t12-/m0/s1. The summed E-state index contributed by atoms with van der Waals surface area (Å²) in [5.41, 5.74) is 0.212. The minimum Gasteiger partial charge on any atom is -0.396 e. The predicted molar refractivity (Wildman–Crippen MR) is 101 cm³/mol. The lowest BCUT2D eigenvalue weighted by Crippen LogP contribution is -2.46. The molecule has 6 heteroatoms. The molecule has 0 spiro atoms. The van der Waals surface area contributed by atoms with Gasteiger partial charge >= 0.3 is 0 Å². The van der Waals surface area contributed by atoms with Gasteiger partial charge in [-0.15, -0.1) is 0 Å². The highest BCUT2D eigenvalue weighted by molar-refractivity contribution is 14.2. The molecule has 2 N–H and O–H groups in total. The summed E-state index contributed by atoms with van der Waals surface area (Å²) in [5.74, 6) is -0.0374. The van der Waals surface area contributed by atoms with Crippen LogP contribution in [0.3, 0.4) is 0 Å². The van der Waals surface area contributed by atoms with Crippen molar-refractivity contribution in [1.82, 2.24) is 5.32 Å². The normalized spacial score (nSPS) is 13.2. The van der Waals surface area contributed by atoms with E-state index in [1.807, 2.05) is 44.2 Å². The van der Waals surface area contributed by atoms with Crippen molar-refractivity contribution < 1.29 is 14.6 Å². The average Bonchev–Trinajstić information content (AvgIpc) is 2.37. The number of ether oxygens (including phenoxy) is 1. The Morgan fingerprint density at radius 3 is 2.48 bits per heavy atom. The van der Waals surface area contributed by atoms with Crippen LogP contribution in [0.5, 0.6) is 0 Å². The lowest BCUT2D eigenvalue weighted by Gasteiger charge is -2.32. The highest BCUT2D eigenvalue weighted by atomic mass is 127. The Hall–Kier alpha value is 0.0700. The van der Waals surface area contributed by atoms with Crippen molar-refractivity contribution in [3.05, 3.63) is 35.9 Å². The van der Waals surface area contributed by atoms with Crippen molar-refractivity contribution in [2.75, 3.05) is 6.61 Å². The van der Waals surface area contributed by atoms with E-state index in [0.29, 0.717) is 12.8 Å². The summed E-state index contributed by atoms with van der Waals surface area (Å²) in [6, 6.07) is 9.73. The van der Waals surface area contributed by atoms with E-state index >= 15 is 0 Å². The van der Waals surface area contributed by atoms with Gasteiger partial charge in [0.05, 0.1) is 8.04 Å². The molecule has 0 unspecified atom stereocenters. The SMILES string of the molecule is CC(C)(NC(=O)CC(I)I)O[C@@H](CCO)c1ccccc1. The fourth-order valence-corrected chi connectivity index (χ4v) is 2.79. The van der Waals surface area contributed by atoms with Gasteiger partial charge in [0.2, 0.25) is 5.91 Å². The predicted octanol–water partition coefficient (Wildman–Crippen LogP) is 3.57. The van der Waals surface area contributed by atoms with Crippen LogP contribution < -0.4 is 5.32 Å². The quantitative estimate of drug-likeness (QED) is 0.315. The molecule has 4 nitrogen and oxygen atoms in total. The van der Waals surface area contributed by atoms with Crippen molar-refractivity contribution in [2.24, 2.45) is 0 Å². The molecule has 1 amide bonds. The summed E-state index contributed by atoms with van der Waals surface area (Å²) in [6.45, 7) is 3.69. The summed E-state index contributed by atoms with van der Waals surface area (Å²) < 4.78 is 6.27. The van der Waals surface area contributed by atoms with Crippen molar-refractivity contribution in [3.8, 4) is 0 Å². The van der Waals surface area contributed by atoms with Gasteiger partial charge in [-0.1, -0.05) is 75.5 Å². The molecule has 0 bridgehead atoms. The summed E-state index contributed by atoms with van der Waals surface area (Å²) in [4.78, 5) is 11.9. The smallest absolute Gasteiger partial charge is 0.224 e. The molecule has 0 aliphatic carbocycles. The molecular weight excluding hydrogens is 496 g/mol. The van der Waals surface area contributed by atoms with Gasteiger partial charge in [0.15, 0.2) is 0 Å². The second kappa shape index (κ2) is 9.26. The number of aliphatic hydroxyl groups is 1.